The lowest BCUT2D eigenvalue weighted by Gasteiger charge is -2.26. The molecule has 4 heteroatoms. The summed E-state index contributed by atoms with van der Waals surface area (Å²) >= 11 is 0. The zero-order valence-electron chi connectivity index (χ0n) is 11.2. The number of nitrogens with one attached hydrogen (secondary N) is 1. The zero-order chi connectivity index (χ0) is 12.6. The maximum absolute atomic E-state index is 5.33. The van der Waals surface area contributed by atoms with Crippen molar-refractivity contribution in [3.63, 3.8) is 0 Å². The minimum Gasteiger partial charge on any atom is -0.379 e. The Morgan fingerprint density at radius 3 is 3.00 bits per heavy atom. The quantitative estimate of drug-likeness (QED) is 0.769. The van der Waals surface area contributed by atoms with Gasteiger partial charge in [0.1, 0.15) is 0 Å². The normalized spacial score (nSPS) is 16.9. The fourth-order valence-corrected chi connectivity index (χ4v) is 2.18. The van der Waals surface area contributed by atoms with E-state index in [4.69, 9.17) is 4.74 Å². The number of ether oxygens (including phenoxy) is 1. The van der Waals surface area contributed by atoms with Crippen LogP contribution in [-0.4, -0.2) is 49.3 Å². The van der Waals surface area contributed by atoms with Gasteiger partial charge >= 0.3 is 0 Å². The predicted octanol–water partition coefficient (Wildman–Crippen LogP) is 1.20. The smallest absolute Gasteiger partial charge is 0.0594 e. The summed E-state index contributed by atoms with van der Waals surface area (Å²) in [6.45, 7) is 9.16. The van der Waals surface area contributed by atoms with E-state index in [1.165, 1.54) is 18.5 Å². The predicted molar refractivity (Wildman–Crippen MR) is 72.6 cm³/mol. The van der Waals surface area contributed by atoms with Crippen molar-refractivity contribution in [2.75, 3.05) is 39.4 Å². The van der Waals surface area contributed by atoms with Crippen molar-refractivity contribution in [1.82, 2.24) is 15.2 Å². The molecule has 0 spiro atoms. The van der Waals surface area contributed by atoms with Gasteiger partial charge < -0.3 is 10.1 Å². The summed E-state index contributed by atoms with van der Waals surface area (Å²) in [5.74, 6) is 0. The molecule has 0 aliphatic carbocycles. The Labute approximate surface area is 109 Å². The van der Waals surface area contributed by atoms with Gasteiger partial charge in [-0.05, 0) is 38.1 Å². The molecule has 100 valence electrons. The first kappa shape index (κ1) is 13.5. The number of pyridine rings is 1. The molecule has 0 amide bonds. The summed E-state index contributed by atoms with van der Waals surface area (Å²) in [5.41, 5.74) is 2.42. The molecule has 18 heavy (non-hydrogen) atoms. The average Bonchev–Trinajstić information content (AvgIpc) is 2.42. The molecule has 1 aliphatic rings. The van der Waals surface area contributed by atoms with Gasteiger partial charge in [0, 0.05) is 31.5 Å². The number of aryl methyl sites for hydroxylation is 1. The van der Waals surface area contributed by atoms with Crippen molar-refractivity contribution in [2.24, 2.45) is 0 Å². The molecule has 1 saturated heterocycles. The molecule has 0 aromatic carbocycles. The van der Waals surface area contributed by atoms with E-state index in [0.717, 1.165) is 45.1 Å². The molecule has 1 aliphatic heterocycles. The minimum absolute atomic E-state index is 0.891. The van der Waals surface area contributed by atoms with Gasteiger partial charge in [0.15, 0.2) is 0 Å². The van der Waals surface area contributed by atoms with E-state index < -0.39 is 0 Å². The Morgan fingerprint density at radius 2 is 2.22 bits per heavy atom. The molecule has 1 aromatic heterocycles. The molecule has 0 unspecified atom stereocenters. The first-order valence-electron chi connectivity index (χ1n) is 6.77. The molecule has 4 nitrogen and oxygen atoms in total. The lowest BCUT2D eigenvalue weighted by molar-refractivity contribution is 0.0374. The van der Waals surface area contributed by atoms with Crippen molar-refractivity contribution in [3.05, 3.63) is 29.6 Å². The van der Waals surface area contributed by atoms with Crippen molar-refractivity contribution in [2.45, 2.75) is 19.9 Å². The number of hydrogen-bond acceptors (Lipinski definition) is 4. The topological polar surface area (TPSA) is 37.4 Å². The van der Waals surface area contributed by atoms with Gasteiger partial charge in [-0.2, -0.15) is 0 Å². The van der Waals surface area contributed by atoms with Crippen LogP contribution in [0.1, 0.15) is 17.7 Å². The minimum atomic E-state index is 0.891. The number of nitrogens with zero attached hydrogens (tertiary/aromatic N) is 2. The number of hydrogen-bond donors (Lipinski definition) is 1. The lowest BCUT2D eigenvalue weighted by atomic mass is 10.2. The molecule has 0 radical (unpaired) electrons. The maximum atomic E-state index is 5.33. The second-order valence-electron chi connectivity index (χ2n) is 4.73. The second-order valence-corrected chi connectivity index (χ2v) is 4.73. The standard InChI is InChI=1S/C14H23N3O/c1-13-14(4-2-6-16-13)12-15-5-3-7-17-8-10-18-11-9-17/h2,4,6,15H,3,5,7-12H2,1H3. The third kappa shape index (κ3) is 4.37. The van der Waals surface area contributed by atoms with Gasteiger partial charge in [-0.1, -0.05) is 6.07 Å². The van der Waals surface area contributed by atoms with Gasteiger partial charge in [-0.15, -0.1) is 0 Å². The molecular formula is C14H23N3O. The summed E-state index contributed by atoms with van der Waals surface area (Å²) in [7, 11) is 0. The lowest BCUT2D eigenvalue weighted by Crippen LogP contribution is -2.37. The molecule has 0 atom stereocenters. The van der Waals surface area contributed by atoms with Crippen LogP contribution in [0.2, 0.25) is 0 Å². The van der Waals surface area contributed by atoms with Crippen LogP contribution in [0.3, 0.4) is 0 Å². The summed E-state index contributed by atoms with van der Waals surface area (Å²) in [5, 5.41) is 3.48. The van der Waals surface area contributed by atoms with E-state index in [-0.39, 0.29) is 0 Å². The van der Waals surface area contributed by atoms with E-state index in [9.17, 15) is 0 Å². The highest BCUT2D eigenvalue weighted by Crippen LogP contribution is 2.02. The molecule has 1 N–H and O–H groups in total. The Morgan fingerprint density at radius 1 is 1.39 bits per heavy atom. The molecule has 1 aromatic rings. The molecule has 2 rings (SSSR count). The maximum Gasteiger partial charge on any atom is 0.0594 e. The third-order valence-corrected chi connectivity index (χ3v) is 3.36. The van der Waals surface area contributed by atoms with Crippen LogP contribution in [0.15, 0.2) is 18.3 Å². The highest BCUT2D eigenvalue weighted by atomic mass is 16.5. The molecule has 2 heterocycles. The van der Waals surface area contributed by atoms with E-state index in [0.29, 0.717) is 0 Å². The summed E-state index contributed by atoms with van der Waals surface area (Å²) in [6.07, 6.45) is 3.04. The first-order valence-corrected chi connectivity index (χ1v) is 6.77. The van der Waals surface area contributed by atoms with Crippen LogP contribution >= 0.6 is 0 Å². The van der Waals surface area contributed by atoms with Crippen LogP contribution in [0.5, 0.6) is 0 Å². The fourth-order valence-electron chi connectivity index (χ4n) is 2.18. The van der Waals surface area contributed by atoms with Crippen LogP contribution < -0.4 is 5.32 Å². The fraction of sp³-hybridized carbons (Fsp3) is 0.643. The van der Waals surface area contributed by atoms with Gasteiger partial charge in [0.25, 0.3) is 0 Å². The van der Waals surface area contributed by atoms with Crippen molar-refractivity contribution in [3.8, 4) is 0 Å². The Bertz CT molecular complexity index is 351. The van der Waals surface area contributed by atoms with Crippen LogP contribution in [0.25, 0.3) is 0 Å². The Balaban J connectivity index is 1.57. The summed E-state index contributed by atoms with van der Waals surface area (Å²) < 4.78 is 5.33. The largest absolute Gasteiger partial charge is 0.379 e. The van der Waals surface area contributed by atoms with Crippen molar-refractivity contribution in [1.29, 1.82) is 0 Å². The zero-order valence-corrected chi connectivity index (χ0v) is 11.2. The average molecular weight is 249 g/mol. The monoisotopic (exact) mass is 249 g/mol. The summed E-state index contributed by atoms with van der Waals surface area (Å²) in [6, 6.07) is 4.13. The van der Waals surface area contributed by atoms with Crippen LogP contribution in [0.4, 0.5) is 0 Å². The van der Waals surface area contributed by atoms with Gasteiger partial charge in [0.05, 0.1) is 13.2 Å². The second kappa shape index (κ2) is 7.46. The van der Waals surface area contributed by atoms with Crippen molar-refractivity contribution >= 4 is 0 Å². The van der Waals surface area contributed by atoms with E-state index in [2.05, 4.69) is 28.2 Å². The highest BCUT2D eigenvalue weighted by molar-refractivity contribution is 5.17. The van der Waals surface area contributed by atoms with Gasteiger partial charge in [0.2, 0.25) is 0 Å². The van der Waals surface area contributed by atoms with E-state index >= 15 is 0 Å². The Hall–Kier alpha value is -0.970. The SMILES string of the molecule is Cc1ncccc1CNCCCN1CCOCC1. The van der Waals surface area contributed by atoms with Gasteiger partial charge in [-0.3, -0.25) is 9.88 Å². The van der Waals surface area contributed by atoms with Crippen LogP contribution in [0, 0.1) is 6.92 Å². The molecule has 0 bridgehead atoms. The highest BCUT2D eigenvalue weighted by Gasteiger charge is 2.08. The molecular weight excluding hydrogens is 226 g/mol. The number of rotatable bonds is 6. The van der Waals surface area contributed by atoms with Crippen LogP contribution in [-0.2, 0) is 11.3 Å². The third-order valence-electron chi connectivity index (χ3n) is 3.36. The Kier molecular flexibility index (Phi) is 5.58. The van der Waals surface area contributed by atoms with E-state index in [1.54, 1.807) is 0 Å². The first-order chi connectivity index (χ1) is 8.86. The summed E-state index contributed by atoms with van der Waals surface area (Å²) in [4.78, 5) is 6.76. The molecule has 0 saturated carbocycles. The van der Waals surface area contributed by atoms with Crippen molar-refractivity contribution < 1.29 is 4.74 Å². The number of morpholine rings is 1. The molecule has 1 fully saturated rings. The van der Waals surface area contributed by atoms with E-state index in [1.807, 2.05) is 12.3 Å². The van der Waals surface area contributed by atoms with Gasteiger partial charge in [-0.25, -0.2) is 0 Å². The number of aromatic nitrogens is 1.